The molecule has 0 bridgehead atoms. The number of carbonyl (C=O) groups is 1. The molecule has 0 saturated carbocycles. The normalized spacial score (nSPS) is 12.0. The number of carboxylic acids is 1. The molecular weight excluding hydrogens is 268 g/mol. The first-order chi connectivity index (χ1) is 8.84. The van der Waals surface area contributed by atoms with Gasteiger partial charge in [0.1, 0.15) is 10.6 Å². The van der Waals surface area contributed by atoms with Crippen molar-refractivity contribution < 1.29 is 18.3 Å². The highest BCUT2D eigenvalue weighted by atomic mass is 32.2. The molecule has 0 radical (unpaired) electrons. The van der Waals surface area contributed by atoms with Crippen LogP contribution in [-0.2, 0) is 17.1 Å². The fraction of sp³-hybridized carbons (Fsp3) is 0.583. The lowest BCUT2D eigenvalue weighted by Crippen LogP contribution is -2.31. The van der Waals surface area contributed by atoms with Crippen LogP contribution in [0.4, 0.5) is 0 Å². The van der Waals surface area contributed by atoms with Crippen molar-refractivity contribution in [1.82, 2.24) is 8.87 Å². The van der Waals surface area contributed by atoms with Crippen LogP contribution in [0, 0.1) is 0 Å². The van der Waals surface area contributed by atoms with Gasteiger partial charge in [0.15, 0.2) is 0 Å². The van der Waals surface area contributed by atoms with Gasteiger partial charge in [-0.25, -0.2) is 13.2 Å². The number of sulfonamides is 1. The van der Waals surface area contributed by atoms with Gasteiger partial charge >= 0.3 is 5.97 Å². The Labute approximate surface area is 113 Å². The number of nitrogens with zero attached hydrogens (tertiary/aromatic N) is 2. The van der Waals surface area contributed by atoms with Crippen LogP contribution in [0.5, 0.6) is 0 Å². The number of aromatic nitrogens is 1. The van der Waals surface area contributed by atoms with Gasteiger partial charge in [-0.3, -0.25) is 0 Å². The Morgan fingerprint density at radius 2 is 2.05 bits per heavy atom. The van der Waals surface area contributed by atoms with Crippen LogP contribution in [0.15, 0.2) is 17.2 Å². The third kappa shape index (κ3) is 3.36. The van der Waals surface area contributed by atoms with Crippen LogP contribution in [0.2, 0.25) is 0 Å². The summed E-state index contributed by atoms with van der Waals surface area (Å²) >= 11 is 0. The van der Waals surface area contributed by atoms with Gasteiger partial charge < -0.3 is 9.67 Å². The highest BCUT2D eigenvalue weighted by Gasteiger charge is 2.25. The van der Waals surface area contributed by atoms with E-state index in [0.717, 1.165) is 12.8 Å². The Morgan fingerprint density at radius 1 is 1.42 bits per heavy atom. The molecule has 0 aliphatic carbocycles. The zero-order valence-corrected chi connectivity index (χ0v) is 12.3. The highest BCUT2D eigenvalue weighted by molar-refractivity contribution is 7.89. The molecule has 0 aliphatic heterocycles. The molecule has 6 nitrogen and oxygen atoms in total. The van der Waals surface area contributed by atoms with E-state index >= 15 is 0 Å². The summed E-state index contributed by atoms with van der Waals surface area (Å²) in [6.45, 7) is 4.59. The van der Waals surface area contributed by atoms with E-state index in [-0.39, 0.29) is 10.6 Å². The van der Waals surface area contributed by atoms with E-state index in [0.29, 0.717) is 13.1 Å². The van der Waals surface area contributed by atoms with Crippen molar-refractivity contribution in [3.8, 4) is 0 Å². The molecule has 0 saturated heterocycles. The fourth-order valence-corrected chi connectivity index (χ4v) is 3.38. The molecule has 108 valence electrons. The third-order valence-corrected chi connectivity index (χ3v) is 4.89. The zero-order valence-electron chi connectivity index (χ0n) is 11.5. The topological polar surface area (TPSA) is 79.6 Å². The lowest BCUT2D eigenvalue weighted by atomic mass is 10.3. The number of aromatic carboxylic acids is 1. The van der Waals surface area contributed by atoms with E-state index in [2.05, 4.69) is 0 Å². The SMILES string of the molecule is CCCCN(CC)S(=O)(=O)c1cc(C(=O)O)n(C)c1. The smallest absolute Gasteiger partial charge is 0.352 e. The predicted molar refractivity (Wildman–Crippen MR) is 71.7 cm³/mol. The van der Waals surface area contributed by atoms with Crippen molar-refractivity contribution in [3.05, 3.63) is 18.0 Å². The Kier molecular flexibility index (Phi) is 5.13. The summed E-state index contributed by atoms with van der Waals surface area (Å²) in [5.74, 6) is -1.14. The monoisotopic (exact) mass is 288 g/mol. The second-order valence-corrected chi connectivity index (χ2v) is 6.27. The summed E-state index contributed by atoms with van der Waals surface area (Å²) in [5, 5.41) is 8.95. The second kappa shape index (κ2) is 6.21. The molecule has 0 unspecified atom stereocenters. The third-order valence-electron chi connectivity index (χ3n) is 2.95. The quantitative estimate of drug-likeness (QED) is 0.825. The van der Waals surface area contributed by atoms with E-state index in [1.165, 1.54) is 28.2 Å². The number of aryl methyl sites for hydroxylation is 1. The molecule has 0 spiro atoms. The van der Waals surface area contributed by atoms with E-state index in [1.807, 2.05) is 6.92 Å². The van der Waals surface area contributed by atoms with Crippen molar-refractivity contribution in [2.75, 3.05) is 13.1 Å². The van der Waals surface area contributed by atoms with E-state index in [4.69, 9.17) is 5.11 Å². The maximum Gasteiger partial charge on any atom is 0.352 e. The Bertz CT molecular complexity index is 548. The Hall–Kier alpha value is -1.34. The van der Waals surface area contributed by atoms with Crippen molar-refractivity contribution in [3.63, 3.8) is 0 Å². The molecule has 1 heterocycles. The van der Waals surface area contributed by atoms with E-state index in [9.17, 15) is 13.2 Å². The lowest BCUT2D eigenvalue weighted by Gasteiger charge is -2.19. The molecule has 0 fully saturated rings. The van der Waals surface area contributed by atoms with Crippen LogP contribution < -0.4 is 0 Å². The average Bonchev–Trinajstić information content (AvgIpc) is 2.73. The summed E-state index contributed by atoms with van der Waals surface area (Å²) in [5.41, 5.74) is -0.0369. The van der Waals surface area contributed by atoms with E-state index < -0.39 is 16.0 Å². The molecule has 0 aliphatic rings. The maximum absolute atomic E-state index is 12.4. The molecule has 1 rings (SSSR count). The minimum absolute atomic E-state index is 0.0327. The second-order valence-electron chi connectivity index (χ2n) is 4.33. The summed E-state index contributed by atoms with van der Waals surface area (Å²) in [4.78, 5) is 11.0. The lowest BCUT2D eigenvalue weighted by molar-refractivity contribution is 0.0686. The van der Waals surface area contributed by atoms with Gasteiger partial charge in [-0.2, -0.15) is 4.31 Å². The Morgan fingerprint density at radius 3 is 2.47 bits per heavy atom. The molecule has 1 aromatic rings. The van der Waals surface area contributed by atoms with Gasteiger partial charge in [-0.1, -0.05) is 20.3 Å². The van der Waals surface area contributed by atoms with Crippen molar-refractivity contribution >= 4 is 16.0 Å². The number of unbranched alkanes of at least 4 members (excludes halogenated alkanes) is 1. The van der Waals surface area contributed by atoms with Gasteiger partial charge in [0.25, 0.3) is 0 Å². The average molecular weight is 288 g/mol. The van der Waals surface area contributed by atoms with Crippen LogP contribution in [0.3, 0.4) is 0 Å². The van der Waals surface area contributed by atoms with Crippen molar-refractivity contribution in [1.29, 1.82) is 0 Å². The molecule has 1 aromatic heterocycles. The first-order valence-corrected chi connectivity index (χ1v) is 7.68. The van der Waals surface area contributed by atoms with Gasteiger partial charge in [0, 0.05) is 26.3 Å². The van der Waals surface area contributed by atoms with Crippen molar-refractivity contribution in [2.45, 2.75) is 31.6 Å². The predicted octanol–water partition coefficient (Wildman–Crippen LogP) is 1.53. The van der Waals surface area contributed by atoms with Crippen LogP contribution in [-0.4, -0.2) is 41.5 Å². The largest absolute Gasteiger partial charge is 0.477 e. The van der Waals surface area contributed by atoms with Crippen LogP contribution in [0.1, 0.15) is 37.2 Å². The maximum atomic E-state index is 12.4. The molecule has 1 N–H and O–H groups in total. The minimum Gasteiger partial charge on any atom is -0.477 e. The summed E-state index contributed by atoms with van der Waals surface area (Å²) in [7, 11) is -2.09. The van der Waals surface area contributed by atoms with Gasteiger partial charge in [0.2, 0.25) is 10.0 Å². The van der Waals surface area contributed by atoms with Gasteiger partial charge in [0.05, 0.1) is 0 Å². The number of hydrogen-bond acceptors (Lipinski definition) is 3. The van der Waals surface area contributed by atoms with Gasteiger partial charge in [-0.15, -0.1) is 0 Å². The fourth-order valence-electron chi connectivity index (χ4n) is 1.82. The molecule has 0 aromatic carbocycles. The standard InChI is InChI=1S/C12H20N2O4S/c1-4-6-7-14(5-2)19(17,18)10-8-11(12(15)16)13(3)9-10/h8-9H,4-7H2,1-3H3,(H,15,16). The van der Waals surface area contributed by atoms with Crippen LogP contribution >= 0.6 is 0 Å². The van der Waals surface area contributed by atoms with Crippen molar-refractivity contribution in [2.24, 2.45) is 7.05 Å². The summed E-state index contributed by atoms with van der Waals surface area (Å²) in [6.07, 6.45) is 3.03. The molecular formula is C12H20N2O4S. The van der Waals surface area contributed by atoms with Crippen LogP contribution in [0.25, 0.3) is 0 Å². The number of hydrogen-bond donors (Lipinski definition) is 1. The first-order valence-electron chi connectivity index (χ1n) is 6.24. The van der Waals surface area contributed by atoms with Gasteiger partial charge in [-0.05, 0) is 12.5 Å². The minimum atomic E-state index is -3.61. The molecule has 19 heavy (non-hydrogen) atoms. The summed E-state index contributed by atoms with van der Waals surface area (Å²) < 4.78 is 27.4. The molecule has 7 heteroatoms. The number of rotatable bonds is 7. The molecule has 0 amide bonds. The number of carboxylic acid groups (broad SMARTS) is 1. The Balaban J connectivity index is 3.11. The zero-order chi connectivity index (χ0) is 14.6. The first kappa shape index (κ1) is 15.7. The summed E-state index contributed by atoms with van der Waals surface area (Å²) in [6, 6.07) is 1.20. The highest BCUT2D eigenvalue weighted by Crippen LogP contribution is 2.19. The van der Waals surface area contributed by atoms with E-state index in [1.54, 1.807) is 6.92 Å². The molecule has 0 atom stereocenters.